The number of hydrogen-bond donors (Lipinski definition) is 2. The van der Waals surface area contributed by atoms with Crippen molar-refractivity contribution in [2.24, 2.45) is 4.99 Å². The Balaban J connectivity index is 0.000000672. The molecule has 1 aliphatic heterocycles. The number of hydrogen-bond acceptors (Lipinski definition) is 5. The van der Waals surface area contributed by atoms with Gasteiger partial charge in [-0.05, 0) is 66.7 Å². The second-order valence-electron chi connectivity index (χ2n) is 7.78. The number of aliphatic carboxylic acids is 1. The van der Waals surface area contributed by atoms with Crippen molar-refractivity contribution >= 4 is 57.6 Å². The Morgan fingerprint density at radius 2 is 1.66 bits per heavy atom. The minimum Gasteiger partial charge on any atom is -0.497 e. The van der Waals surface area contributed by atoms with Crippen molar-refractivity contribution in [1.29, 1.82) is 0 Å². The van der Waals surface area contributed by atoms with Gasteiger partial charge in [0.1, 0.15) is 5.75 Å². The summed E-state index contributed by atoms with van der Waals surface area (Å²) in [5.74, 6) is -0.0478. The normalized spacial score (nSPS) is 13.7. The maximum Gasteiger partial charge on any atom is 0.300 e. The van der Waals surface area contributed by atoms with Crippen LogP contribution in [0.1, 0.15) is 13.3 Å². The molecule has 0 saturated heterocycles. The molecule has 1 heterocycles. The highest BCUT2D eigenvalue weighted by atomic mass is 35.5. The molecule has 1 aliphatic carbocycles. The minimum atomic E-state index is -0.833. The third-order valence-corrected chi connectivity index (χ3v) is 5.73. The van der Waals surface area contributed by atoms with E-state index in [0.717, 1.165) is 58.9 Å². The summed E-state index contributed by atoms with van der Waals surface area (Å²) in [7, 11) is 1.67. The van der Waals surface area contributed by atoms with Crippen molar-refractivity contribution in [3.63, 3.8) is 0 Å². The van der Waals surface area contributed by atoms with Crippen LogP contribution in [0.5, 0.6) is 5.75 Å². The zero-order valence-corrected chi connectivity index (χ0v) is 20.6. The molecule has 0 amide bonds. The third-order valence-electron chi connectivity index (χ3n) is 5.23. The molecule has 0 aromatic heterocycles. The average Bonchev–Trinajstić information content (AvgIpc) is 2.84. The minimum absolute atomic E-state index is 0.701. The summed E-state index contributed by atoms with van der Waals surface area (Å²) in [4.78, 5) is 16.1. The monoisotopic (exact) mass is 507 g/mol. The Morgan fingerprint density at radius 1 is 1.03 bits per heavy atom. The van der Waals surface area contributed by atoms with Crippen molar-refractivity contribution in [1.82, 2.24) is 0 Å². The summed E-state index contributed by atoms with van der Waals surface area (Å²) in [6.45, 7) is 1.08. The highest BCUT2D eigenvalue weighted by Crippen LogP contribution is 2.44. The van der Waals surface area contributed by atoms with Gasteiger partial charge in [0.25, 0.3) is 5.97 Å². The van der Waals surface area contributed by atoms with Gasteiger partial charge in [-0.1, -0.05) is 29.3 Å². The molecular weight excluding hydrogens is 485 g/mol. The number of carboxylic acid groups (broad SMARTS) is 1. The lowest BCUT2D eigenvalue weighted by atomic mass is 10.0. The Kier molecular flexibility index (Phi) is 7.44. The topological polar surface area (TPSA) is 74.2 Å². The first-order chi connectivity index (χ1) is 16.8. The number of aliphatic imine (C=N–C) groups is 1. The number of ether oxygens (including phenoxy) is 1. The van der Waals surface area contributed by atoms with Crippen molar-refractivity contribution < 1.29 is 14.6 Å². The molecule has 35 heavy (non-hydrogen) atoms. The maximum atomic E-state index is 9.00. The van der Waals surface area contributed by atoms with E-state index in [0.29, 0.717) is 10.0 Å². The van der Waals surface area contributed by atoms with Crippen LogP contribution >= 0.6 is 23.2 Å². The molecule has 0 atom stereocenters. The van der Waals surface area contributed by atoms with Gasteiger partial charge in [0.15, 0.2) is 0 Å². The molecule has 2 aliphatic rings. The van der Waals surface area contributed by atoms with E-state index in [9.17, 15) is 0 Å². The number of methoxy groups -OCH3 is 1. The molecule has 0 fully saturated rings. The van der Waals surface area contributed by atoms with E-state index in [2.05, 4.69) is 22.4 Å². The van der Waals surface area contributed by atoms with Gasteiger partial charge in [-0.2, -0.15) is 0 Å². The summed E-state index contributed by atoms with van der Waals surface area (Å²) in [6, 6.07) is 21.4. The van der Waals surface area contributed by atoms with Crippen LogP contribution in [0.25, 0.3) is 0 Å². The summed E-state index contributed by atoms with van der Waals surface area (Å²) in [6.07, 6.45) is 5.04. The van der Waals surface area contributed by atoms with Crippen LogP contribution in [0.3, 0.4) is 0 Å². The zero-order chi connectivity index (χ0) is 24.9. The van der Waals surface area contributed by atoms with Gasteiger partial charge < -0.3 is 20.1 Å². The zero-order valence-electron chi connectivity index (χ0n) is 19.1. The van der Waals surface area contributed by atoms with Gasteiger partial charge in [0.05, 0.1) is 29.9 Å². The molecule has 0 unspecified atom stereocenters. The number of nitrogens with one attached hydrogen (secondary N) is 1. The molecule has 8 heteroatoms. The Labute approximate surface area is 213 Å². The van der Waals surface area contributed by atoms with Crippen molar-refractivity contribution in [3.05, 3.63) is 100 Å². The maximum absolute atomic E-state index is 9.00. The number of benzene rings is 3. The summed E-state index contributed by atoms with van der Waals surface area (Å²) in [5.41, 5.74) is 6.85. The largest absolute Gasteiger partial charge is 0.497 e. The number of fused-ring (bicyclic) bond motifs is 2. The highest BCUT2D eigenvalue weighted by Gasteiger charge is 2.28. The summed E-state index contributed by atoms with van der Waals surface area (Å²) >= 11 is 12.1. The van der Waals surface area contributed by atoms with E-state index in [-0.39, 0.29) is 0 Å². The number of anilines is 3. The fourth-order valence-electron chi connectivity index (χ4n) is 3.74. The van der Waals surface area contributed by atoms with Gasteiger partial charge in [-0.25, -0.2) is 4.99 Å². The van der Waals surface area contributed by atoms with Crippen LogP contribution in [-0.4, -0.2) is 23.9 Å². The molecule has 5 rings (SSSR count). The molecule has 0 saturated carbocycles. The predicted molar refractivity (Wildman–Crippen MR) is 143 cm³/mol. The summed E-state index contributed by atoms with van der Waals surface area (Å²) in [5, 5.41) is 12.3. The second-order valence-corrected chi connectivity index (χ2v) is 8.65. The highest BCUT2D eigenvalue weighted by molar-refractivity contribution is 6.31. The standard InChI is InChI=1S/C25H19Cl2N3O.C2H4O2/c1-31-21-11-12-22-25(15-21)30(20-9-4-17(27)5-10-20)24-13-8-19(14-23(24)29-22)28-18-6-2-16(26)3-7-18;1-2(3)4/h2-7,9-15,28H,8H2,1H3;1H3,(H,3,4). The first-order valence-electron chi connectivity index (χ1n) is 10.8. The lowest BCUT2D eigenvalue weighted by Crippen LogP contribution is -2.27. The van der Waals surface area contributed by atoms with Gasteiger partial charge in [-0.3, -0.25) is 4.79 Å². The van der Waals surface area contributed by atoms with E-state index >= 15 is 0 Å². The van der Waals surface area contributed by atoms with Crippen LogP contribution in [-0.2, 0) is 4.79 Å². The van der Waals surface area contributed by atoms with E-state index in [1.165, 1.54) is 0 Å². The van der Waals surface area contributed by atoms with Crippen molar-refractivity contribution in [2.45, 2.75) is 13.3 Å². The summed E-state index contributed by atoms with van der Waals surface area (Å²) < 4.78 is 5.46. The Hall–Kier alpha value is -3.74. The lowest BCUT2D eigenvalue weighted by Gasteiger charge is -2.34. The second kappa shape index (κ2) is 10.7. The smallest absolute Gasteiger partial charge is 0.300 e. The molecule has 0 radical (unpaired) electrons. The van der Waals surface area contributed by atoms with Gasteiger partial charge in [0, 0.05) is 46.5 Å². The van der Waals surface area contributed by atoms with Crippen LogP contribution in [0.2, 0.25) is 10.0 Å². The molecular formula is C27H23Cl2N3O3. The van der Waals surface area contributed by atoms with Crippen LogP contribution in [0.15, 0.2) is 95.3 Å². The lowest BCUT2D eigenvalue weighted by molar-refractivity contribution is -0.134. The predicted octanol–water partition coefficient (Wildman–Crippen LogP) is 7.60. The van der Waals surface area contributed by atoms with E-state index in [1.54, 1.807) is 7.11 Å². The third kappa shape index (κ3) is 5.85. The van der Waals surface area contributed by atoms with E-state index in [1.807, 2.05) is 66.7 Å². The number of nitrogens with zero attached hydrogens (tertiary/aromatic N) is 2. The Morgan fingerprint density at radius 3 is 2.29 bits per heavy atom. The fraction of sp³-hybridized carbons (Fsp3) is 0.111. The van der Waals surface area contributed by atoms with Crippen LogP contribution in [0.4, 0.5) is 22.7 Å². The Bertz CT molecular complexity index is 1330. The van der Waals surface area contributed by atoms with Crippen LogP contribution < -0.4 is 15.0 Å². The molecule has 0 bridgehead atoms. The van der Waals surface area contributed by atoms with Gasteiger partial charge in [0.2, 0.25) is 0 Å². The van der Waals surface area contributed by atoms with Crippen LogP contribution in [0, 0.1) is 0 Å². The number of rotatable bonds is 4. The molecule has 6 nitrogen and oxygen atoms in total. The number of carbonyl (C=O) groups is 1. The number of carboxylic acids is 1. The SMILES string of the molecule is CC(=O)O.COc1ccc2c(c1)N(c1ccc(Cl)cc1)C1=CCC(Nc3ccc(Cl)cc3)=CC1=N2. The number of halogens is 2. The van der Waals surface area contributed by atoms with E-state index in [4.69, 9.17) is 42.8 Å². The molecule has 3 aromatic rings. The van der Waals surface area contributed by atoms with E-state index < -0.39 is 5.97 Å². The average molecular weight is 508 g/mol. The van der Waals surface area contributed by atoms with Crippen molar-refractivity contribution in [2.75, 3.05) is 17.3 Å². The molecule has 0 spiro atoms. The molecule has 2 N–H and O–H groups in total. The first-order valence-corrected chi connectivity index (χ1v) is 11.6. The van der Waals surface area contributed by atoms with Gasteiger partial charge >= 0.3 is 0 Å². The molecule has 178 valence electrons. The quantitative estimate of drug-likeness (QED) is 0.380. The van der Waals surface area contributed by atoms with Crippen molar-refractivity contribution in [3.8, 4) is 5.75 Å². The molecule has 3 aromatic carbocycles. The number of allylic oxidation sites excluding steroid dienone is 2. The fourth-order valence-corrected chi connectivity index (χ4v) is 3.99. The van der Waals surface area contributed by atoms with Gasteiger partial charge in [-0.15, -0.1) is 0 Å². The first kappa shape index (κ1) is 24.4.